The van der Waals surface area contributed by atoms with Crippen LogP contribution >= 0.6 is 11.3 Å². The Bertz CT molecular complexity index is 280. The van der Waals surface area contributed by atoms with E-state index in [9.17, 15) is 8.78 Å². The molecule has 6 heteroatoms. The van der Waals surface area contributed by atoms with Crippen LogP contribution in [0, 0.1) is 0 Å². The van der Waals surface area contributed by atoms with Crippen molar-refractivity contribution in [3.05, 3.63) is 11.1 Å². The molecule has 1 atom stereocenters. The quantitative estimate of drug-likeness (QED) is 0.797. The minimum atomic E-state index is -2.71. The second kappa shape index (κ2) is 5.21. The summed E-state index contributed by atoms with van der Waals surface area (Å²) in [4.78, 5) is 4.11. The fraction of sp³-hybridized carbons (Fsp3) is 0.625. The minimum absolute atomic E-state index is 0.172. The van der Waals surface area contributed by atoms with E-state index in [-0.39, 0.29) is 6.54 Å². The van der Waals surface area contributed by atoms with E-state index in [0.29, 0.717) is 5.13 Å². The lowest BCUT2D eigenvalue weighted by Crippen LogP contribution is -2.26. The number of aryl methyl sites for hydroxylation is 1. The van der Waals surface area contributed by atoms with Gasteiger partial charge in [0.2, 0.25) is 0 Å². The Kier molecular flexibility index (Phi) is 4.21. The molecule has 1 aromatic rings. The van der Waals surface area contributed by atoms with Crippen molar-refractivity contribution >= 4 is 16.5 Å². The minimum Gasteiger partial charge on any atom is -0.385 e. The van der Waals surface area contributed by atoms with Crippen LogP contribution in [0.2, 0.25) is 0 Å². The van der Waals surface area contributed by atoms with Gasteiger partial charge < -0.3 is 10.4 Å². The van der Waals surface area contributed by atoms with E-state index in [1.54, 1.807) is 0 Å². The Labute approximate surface area is 84.8 Å². The maximum atomic E-state index is 11.9. The van der Waals surface area contributed by atoms with E-state index in [2.05, 4.69) is 10.3 Å². The van der Waals surface area contributed by atoms with Crippen molar-refractivity contribution in [3.8, 4) is 0 Å². The summed E-state index contributed by atoms with van der Waals surface area (Å²) in [6.45, 7) is 1.79. The Morgan fingerprint density at radius 3 is 2.86 bits per heavy atom. The molecule has 0 radical (unpaired) electrons. The molecule has 0 saturated heterocycles. The molecule has 14 heavy (non-hydrogen) atoms. The fourth-order valence-corrected chi connectivity index (χ4v) is 1.64. The average molecular weight is 222 g/mol. The number of halogens is 2. The van der Waals surface area contributed by atoms with Crippen molar-refractivity contribution in [2.45, 2.75) is 25.9 Å². The van der Waals surface area contributed by atoms with Crippen molar-refractivity contribution in [2.24, 2.45) is 0 Å². The third kappa shape index (κ3) is 3.19. The Balaban J connectivity index is 2.37. The number of alkyl halides is 2. The number of aliphatic hydroxyl groups excluding tert-OH is 1. The molecule has 1 heterocycles. The number of thiazole rings is 1. The summed E-state index contributed by atoms with van der Waals surface area (Å²) in [5.41, 5.74) is 0.920. The molecule has 0 aromatic carbocycles. The Morgan fingerprint density at radius 2 is 2.36 bits per heavy atom. The van der Waals surface area contributed by atoms with Gasteiger partial charge in [0.05, 0.1) is 5.69 Å². The predicted molar refractivity (Wildman–Crippen MR) is 52.0 cm³/mol. The van der Waals surface area contributed by atoms with E-state index in [1.807, 2.05) is 12.3 Å². The molecule has 0 aliphatic heterocycles. The molecular formula is C8H12F2N2OS. The van der Waals surface area contributed by atoms with Gasteiger partial charge in [-0.3, -0.25) is 0 Å². The maximum Gasteiger partial charge on any atom is 0.265 e. The van der Waals surface area contributed by atoms with Crippen LogP contribution < -0.4 is 5.32 Å². The molecule has 0 fully saturated rings. The van der Waals surface area contributed by atoms with Crippen molar-refractivity contribution in [1.29, 1.82) is 0 Å². The first-order valence-electron chi connectivity index (χ1n) is 4.28. The van der Waals surface area contributed by atoms with Crippen LogP contribution in [0.3, 0.4) is 0 Å². The molecule has 0 amide bonds. The van der Waals surface area contributed by atoms with Gasteiger partial charge in [-0.25, -0.2) is 13.8 Å². The van der Waals surface area contributed by atoms with Crippen molar-refractivity contribution < 1.29 is 13.9 Å². The molecule has 1 unspecified atom stereocenters. The number of nitrogens with one attached hydrogen (secondary N) is 1. The van der Waals surface area contributed by atoms with Crippen molar-refractivity contribution in [3.63, 3.8) is 0 Å². The number of aromatic nitrogens is 1. The summed E-state index contributed by atoms with van der Waals surface area (Å²) in [6, 6.07) is 0. The third-order valence-corrected chi connectivity index (χ3v) is 2.52. The first-order chi connectivity index (χ1) is 6.63. The van der Waals surface area contributed by atoms with Gasteiger partial charge in [-0.15, -0.1) is 11.3 Å². The van der Waals surface area contributed by atoms with Gasteiger partial charge in [-0.1, -0.05) is 6.92 Å². The smallest absolute Gasteiger partial charge is 0.265 e. The summed E-state index contributed by atoms with van der Waals surface area (Å²) < 4.78 is 23.8. The van der Waals surface area contributed by atoms with E-state index in [1.165, 1.54) is 11.3 Å². The monoisotopic (exact) mass is 222 g/mol. The second-order valence-corrected chi connectivity index (χ2v) is 3.64. The predicted octanol–water partition coefficient (Wildman–Crippen LogP) is 1.74. The lowest BCUT2D eigenvalue weighted by molar-refractivity contribution is 0.00384. The fourth-order valence-electron chi connectivity index (χ4n) is 0.832. The Hall–Kier alpha value is -0.750. The zero-order chi connectivity index (χ0) is 10.6. The number of hydrogen-bond acceptors (Lipinski definition) is 4. The van der Waals surface area contributed by atoms with Gasteiger partial charge in [-0.2, -0.15) is 0 Å². The largest absolute Gasteiger partial charge is 0.385 e. The van der Waals surface area contributed by atoms with Gasteiger partial charge >= 0.3 is 0 Å². The SMILES string of the molecule is CCc1csc(NCC(O)C(F)F)n1. The molecular weight excluding hydrogens is 210 g/mol. The molecule has 3 nitrogen and oxygen atoms in total. The topological polar surface area (TPSA) is 45.1 Å². The standard InChI is InChI=1S/C8H12F2N2OS/c1-2-5-4-14-8(12-5)11-3-6(13)7(9)10/h4,6-7,13H,2-3H2,1H3,(H,11,12). The van der Waals surface area contributed by atoms with Crippen LogP contribution in [-0.2, 0) is 6.42 Å². The summed E-state index contributed by atoms with van der Waals surface area (Å²) in [5.74, 6) is 0. The van der Waals surface area contributed by atoms with Crippen molar-refractivity contribution in [2.75, 3.05) is 11.9 Å². The zero-order valence-electron chi connectivity index (χ0n) is 7.70. The highest BCUT2D eigenvalue weighted by molar-refractivity contribution is 7.13. The second-order valence-electron chi connectivity index (χ2n) is 2.78. The summed E-state index contributed by atoms with van der Waals surface area (Å²) in [7, 11) is 0. The van der Waals surface area contributed by atoms with Crippen LogP contribution in [0.1, 0.15) is 12.6 Å². The molecule has 1 aromatic heterocycles. The van der Waals surface area contributed by atoms with E-state index < -0.39 is 12.5 Å². The number of aliphatic hydroxyl groups is 1. The van der Waals surface area contributed by atoms with Crippen LogP contribution in [0.4, 0.5) is 13.9 Å². The first-order valence-corrected chi connectivity index (χ1v) is 5.16. The summed E-state index contributed by atoms with van der Waals surface area (Å²) >= 11 is 1.35. The van der Waals surface area contributed by atoms with Crippen LogP contribution in [-0.4, -0.2) is 29.2 Å². The number of hydrogen-bond donors (Lipinski definition) is 2. The maximum absolute atomic E-state index is 11.9. The van der Waals surface area contributed by atoms with E-state index in [0.717, 1.165) is 12.1 Å². The normalized spacial score (nSPS) is 13.2. The number of rotatable bonds is 5. The third-order valence-electron chi connectivity index (χ3n) is 1.67. The van der Waals surface area contributed by atoms with Gasteiger partial charge in [-0.05, 0) is 6.42 Å². The Morgan fingerprint density at radius 1 is 1.64 bits per heavy atom. The first kappa shape index (κ1) is 11.3. The van der Waals surface area contributed by atoms with E-state index >= 15 is 0 Å². The van der Waals surface area contributed by atoms with Gasteiger partial charge in [0, 0.05) is 11.9 Å². The summed E-state index contributed by atoms with van der Waals surface area (Å²) in [5, 5.41) is 13.9. The average Bonchev–Trinajstić information content (AvgIpc) is 2.61. The molecule has 0 aliphatic rings. The molecule has 0 saturated carbocycles. The molecule has 0 spiro atoms. The number of nitrogens with zero attached hydrogens (tertiary/aromatic N) is 1. The molecule has 0 bridgehead atoms. The van der Waals surface area contributed by atoms with Gasteiger partial charge in [0.25, 0.3) is 6.43 Å². The number of anilines is 1. The van der Waals surface area contributed by atoms with Crippen LogP contribution in [0.5, 0.6) is 0 Å². The lowest BCUT2D eigenvalue weighted by Gasteiger charge is -2.08. The van der Waals surface area contributed by atoms with Gasteiger partial charge in [0.15, 0.2) is 5.13 Å². The highest BCUT2D eigenvalue weighted by atomic mass is 32.1. The lowest BCUT2D eigenvalue weighted by atomic mass is 10.4. The highest BCUT2D eigenvalue weighted by Crippen LogP contribution is 2.15. The molecule has 2 N–H and O–H groups in total. The highest BCUT2D eigenvalue weighted by Gasteiger charge is 2.16. The molecule has 80 valence electrons. The summed E-state index contributed by atoms with van der Waals surface area (Å²) in [6.07, 6.45) is -3.53. The van der Waals surface area contributed by atoms with Crippen molar-refractivity contribution in [1.82, 2.24) is 4.98 Å². The zero-order valence-corrected chi connectivity index (χ0v) is 8.52. The van der Waals surface area contributed by atoms with Crippen LogP contribution in [0.15, 0.2) is 5.38 Å². The molecule has 0 aliphatic carbocycles. The molecule has 1 rings (SSSR count). The van der Waals surface area contributed by atoms with Gasteiger partial charge in [0.1, 0.15) is 6.10 Å². The van der Waals surface area contributed by atoms with Crippen LogP contribution in [0.25, 0.3) is 0 Å². The van der Waals surface area contributed by atoms with E-state index in [4.69, 9.17) is 5.11 Å².